The number of halogens is 3. The number of imidazole rings is 1. The Balaban J connectivity index is 2.19. The number of carbonyl (C=O) groups is 1. The van der Waals surface area contributed by atoms with Crippen molar-refractivity contribution in [3.8, 4) is 5.75 Å². The molecule has 0 aliphatic carbocycles. The molecule has 0 fully saturated rings. The standard InChI is InChI=1S/C16H18F3N3O2/c1-11(2)22(15(23)14-9-21(3)10-20-14)8-12-5-4-6-13(7-12)24-16(17,18)19/h4-7,9-11H,8H2,1-3H3. The third-order valence-corrected chi connectivity index (χ3v) is 3.29. The highest BCUT2D eigenvalue weighted by Crippen LogP contribution is 2.24. The van der Waals surface area contributed by atoms with E-state index in [1.54, 1.807) is 23.9 Å². The van der Waals surface area contributed by atoms with Crippen molar-refractivity contribution in [2.45, 2.75) is 32.8 Å². The molecular formula is C16H18F3N3O2. The highest BCUT2D eigenvalue weighted by Gasteiger charge is 2.31. The van der Waals surface area contributed by atoms with Crippen molar-refractivity contribution in [1.82, 2.24) is 14.5 Å². The Morgan fingerprint density at radius 1 is 1.38 bits per heavy atom. The fourth-order valence-electron chi connectivity index (χ4n) is 2.20. The van der Waals surface area contributed by atoms with Gasteiger partial charge in [-0.15, -0.1) is 13.2 Å². The van der Waals surface area contributed by atoms with Crippen LogP contribution in [0.3, 0.4) is 0 Å². The maximum Gasteiger partial charge on any atom is 0.573 e. The minimum atomic E-state index is -4.75. The lowest BCUT2D eigenvalue weighted by molar-refractivity contribution is -0.274. The second-order valence-corrected chi connectivity index (χ2v) is 5.65. The van der Waals surface area contributed by atoms with Crippen LogP contribution >= 0.6 is 0 Å². The van der Waals surface area contributed by atoms with Gasteiger partial charge >= 0.3 is 6.36 Å². The molecule has 1 aromatic carbocycles. The van der Waals surface area contributed by atoms with Crippen LogP contribution < -0.4 is 4.74 Å². The molecule has 5 nitrogen and oxygen atoms in total. The van der Waals surface area contributed by atoms with E-state index in [1.165, 1.54) is 29.4 Å². The highest BCUT2D eigenvalue weighted by atomic mass is 19.4. The third-order valence-electron chi connectivity index (χ3n) is 3.29. The summed E-state index contributed by atoms with van der Waals surface area (Å²) in [4.78, 5) is 18.1. The van der Waals surface area contributed by atoms with Crippen LogP contribution in [0.15, 0.2) is 36.8 Å². The largest absolute Gasteiger partial charge is 0.573 e. The van der Waals surface area contributed by atoms with Crippen molar-refractivity contribution >= 4 is 5.91 Å². The lowest BCUT2D eigenvalue weighted by atomic mass is 10.1. The van der Waals surface area contributed by atoms with E-state index in [0.717, 1.165) is 0 Å². The molecule has 0 N–H and O–H groups in total. The number of ether oxygens (including phenoxy) is 1. The Kier molecular flexibility index (Phi) is 5.16. The molecule has 0 aliphatic rings. The van der Waals surface area contributed by atoms with Gasteiger partial charge in [0.15, 0.2) is 0 Å². The van der Waals surface area contributed by atoms with Crippen molar-refractivity contribution in [3.05, 3.63) is 48.0 Å². The number of aromatic nitrogens is 2. The zero-order chi connectivity index (χ0) is 17.9. The van der Waals surface area contributed by atoms with Crippen LogP contribution in [0.2, 0.25) is 0 Å². The average Bonchev–Trinajstić information content (AvgIpc) is 2.89. The van der Waals surface area contributed by atoms with Gasteiger partial charge in [0.05, 0.1) is 6.33 Å². The molecule has 1 aromatic heterocycles. The van der Waals surface area contributed by atoms with Gasteiger partial charge in [0.25, 0.3) is 5.91 Å². The zero-order valence-electron chi connectivity index (χ0n) is 13.5. The molecule has 0 saturated carbocycles. The van der Waals surface area contributed by atoms with E-state index in [9.17, 15) is 18.0 Å². The molecule has 8 heteroatoms. The normalized spacial score (nSPS) is 11.6. The smallest absolute Gasteiger partial charge is 0.406 e. The molecule has 0 spiro atoms. The molecule has 0 aliphatic heterocycles. The van der Waals surface area contributed by atoms with Gasteiger partial charge in [-0.3, -0.25) is 4.79 Å². The highest BCUT2D eigenvalue weighted by molar-refractivity contribution is 5.92. The maximum atomic E-state index is 12.6. The Labute approximate surface area is 137 Å². The number of rotatable bonds is 5. The van der Waals surface area contributed by atoms with Crippen molar-refractivity contribution < 1.29 is 22.7 Å². The molecule has 2 rings (SSSR count). The van der Waals surface area contributed by atoms with Crippen LogP contribution in [-0.2, 0) is 13.6 Å². The van der Waals surface area contributed by atoms with Gasteiger partial charge in [-0.05, 0) is 31.5 Å². The average molecular weight is 341 g/mol. The van der Waals surface area contributed by atoms with E-state index in [0.29, 0.717) is 5.56 Å². The minimum absolute atomic E-state index is 0.147. The fraction of sp³-hybridized carbons (Fsp3) is 0.375. The first-order chi connectivity index (χ1) is 11.2. The summed E-state index contributed by atoms with van der Waals surface area (Å²) in [6.07, 6.45) is -1.63. The van der Waals surface area contributed by atoms with Gasteiger partial charge in [0.1, 0.15) is 11.4 Å². The molecule has 2 aromatic rings. The first-order valence-electron chi connectivity index (χ1n) is 7.29. The molecule has 0 saturated heterocycles. The summed E-state index contributed by atoms with van der Waals surface area (Å²) in [5, 5.41) is 0. The van der Waals surface area contributed by atoms with Gasteiger partial charge in [-0.2, -0.15) is 0 Å². The number of aryl methyl sites for hydroxylation is 1. The molecule has 24 heavy (non-hydrogen) atoms. The first-order valence-corrected chi connectivity index (χ1v) is 7.29. The molecule has 1 amide bonds. The summed E-state index contributed by atoms with van der Waals surface area (Å²) in [5.41, 5.74) is 0.823. The third kappa shape index (κ3) is 4.74. The molecular weight excluding hydrogens is 323 g/mol. The number of hydrogen-bond donors (Lipinski definition) is 0. The zero-order valence-corrected chi connectivity index (χ0v) is 13.5. The Morgan fingerprint density at radius 2 is 2.08 bits per heavy atom. The maximum absolute atomic E-state index is 12.6. The number of benzene rings is 1. The Morgan fingerprint density at radius 3 is 2.62 bits per heavy atom. The number of amides is 1. The molecule has 0 atom stereocenters. The van der Waals surface area contributed by atoms with E-state index in [1.807, 2.05) is 13.8 Å². The lowest BCUT2D eigenvalue weighted by Crippen LogP contribution is -2.36. The Hall–Kier alpha value is -2.51. The van der Waals surface area contributed by atoms with Crippen molar-refractivity contribution in [1.29, 1.82) is 0 Å². The van der Waals surface area contributed by atoms with E-state index in [-0.39, 0.29) is 29.9 Å². The first kappa shape index (κ1) is 17.8. The summed E-state index contributed by atoms with van der Waals surface area (Å²) >= 11 is 0. The van der Waals surface area contributed by atoms with E-state index < -0.39 is 6.36 Å². The van der Waals surface area contributed by atoms with Gasteiger partial charge in [-0.1, -0.05) is 12.1 Å². The SMILES string of the molecule is CC(C)N(Cc1cccc(OC(F)(F)F)c1)C(=O)c1cn(C)cn1. The second-order valence-electron chi connectivity index (χ2n) is 5.65. The summed E-state index contributed by atoms with van der Waals surface area (Å²) in [6.45, 7) is 3.82. The number of nitrogens with zero attached hydrogens (tertiary/aromatic N) is 3. The van der Waals surface area contributed by atoms with Crippen LogP contribution in [0.5, 0.6) is 5.75 Å². The topological polar surface area (TPSA) is 47.4 Å². The fourth-order valence-corrected chi connectivity index (χ4v) is 2.20. The van der Waals surface area contributed by atoms with E-state index in [4.69, 9.17) is 0 Å². The van der Waals surface area contributed by atoms with Crippen molar-refractivity contribution in [2.24, 2.45) is 7.05 Å². The second kappa shape index (κ2) is 6.94. The van der Waals surface area contributed by atoms with Gasteiger partial charge in [0, 0.05) is 25.8 Å². The van der Waals surface area contributed by atoms with Crippen LogP contribution in [-0.4, -0.2) is 32.8 Å². The monoisotopic (exact) mass is 341 g/mol. The summed E-state index contributed by atoms with van der Waals surface area (Å²) in [5.74, 6) is -0.596. The van der Waals surface area contributed by atoms with Crippen LogP contribution in [0.4, 0.5) is 13.2 Å². The molecule has 130 valence electrons. The molecule has 0 unspecified atom stereocenters. The molecule has 0 bridgehead atoms. The van der Waals surface area contributed by atoms with E-state index >= 15 is 0 Å². The molecule has 1 heterocycles. The van der Waals surface area contributed by atoms with Gasteiger partial charge in [-0.25, -0.2) is 4.98 Å². The number of alkyl halides is 3. The quantitative estimate of drug-likeness (QED) is 0.838. The van der Waals surface area contributed by atoms with Gasteiger partial charge in [0.2, 0.25) is 0 Å². The number of hydrogen-bond acceptors (Lipinski definition) is 3. The van der Waals surface area contributed by atoms with Crippen molar-refractivity contribution in [3.63, 3.8) is 0 Å². The van der Waals surface area contributed by atoms with Crippen LogP contribution in [0, 0.1) is 0 Å². The predicted octanol–water partition coefficient (Wildman–Crippen LogP) is 3.37. The summed E-state index contributed by atoms with van der Waals surface area (Å²) in [6, 6.07) is 5.45. The number of carbonyl (C=O) groups excluding carboxylic acids is 1. The van der Waals surface area contributed by atoms with Gasteiger partial charge < -0.3 is 14.2 Å². The molecule has 0 radical (unpaired) electrons. The Bertz CT molecular complexity index is 711. The minimum Gasteiger partial charge on any atom is -0.406 e. The van der Waals surface area contributed by atoms with Crippen LogP contribution in [0.25, 0.3) is 0 Å². The summed E-state index contributed by atoms with van der Waals surface area (Å²) < 4.78 is 42.5. The summed E-state index contributed by atoms with van der Waals surface area (Å²) in [7, 11) is 1.75. The predicted molar refractivity (Wildman–Crippen MR) is 81.3 cm³/mol. The van der Waals surface area contributed by atoms with Crippen LogP contribution in [0.1, 0.15) is 29.9 Å². The lowest BCUT2D eigenvalue weighted by Gasteiger charge is -2.26. The van der Waals surface area contributed by atoms with Crippen molar-refractivity contribution in [2.75, 3.05) is 0 Å². The van der Waals surface area contributed by atoms with E-state index in [2.05, 4.69) is 9.72 Å².